The highest BCUT2D eigenvalue weighted by Gasteiger charge is 1.93. The maximum absolute atomic E-state index is 11.0. The summed E-state index contributed by atoms with van der Waals surface area (Å²) < 4.78 is 1.26. The molecule has 0 saturated carbocycles. The van der Waals surface area contributed by atoms with Gasteiger partial charge in [-0.05, 0) is 13.0 Å². The topological polar surface area (TPSA) is 80.9 Å². The van der Waals surface area contributed by atoms with Gasteiger partial charge in [0, 0.05) is 18.7 Å². The van der Waals surface area contributed by atoms with Crippen molar-refractivity contribution in [1.29, 1.82) is 0 Å². The molecule has 12 heavy (non-hydrogen) atoms. The van der Waals surface area contributed by atoms with Crippen molar-refractivity contribution in [2.45, 2.75) is 13.0 Å². The van der Waals surface area contributed by atoms with Crippen LogP contribution in [0.4, 0.5) is 0 Å². The average Bonchev–Trinajstić information content (AvgIpc) is 2.07. The van der Waals surface area contributed by atoms with E-state index in [1.54, 1.807) is 0 Å². The van der Waals surface area contributed by atoms with E-state index in [0.717, 1.165) is 0 Å². The minimum Gasteiger partial charge on any atom is -0.330 e. The van der Waals surface area contributed by atoms with Crippen LogP contribution in [0, 0.1) is 0 Å². The van der Waals surface area contributed by atoms with Gasteiger partial charge in [0.15, 0.2) is 0 Å². The normalized spacial score (nSPS) is 10.1. The van der Waals surface area contributed by atoms with Crippen LogP contribution in [0.5, 0.6) is 0 Å². The maximum Gasteiger partial charge on any atom is 0.265 e. The quantitative estimate of drug-likeness (QED) is 0.601. The smallest absolute Gasteiger partial charge is 0.265 e. The van der Waals surface area contributed by atoms with Crippen molar-refractivity contribution in [3.8, 4) is 0 Å². The summed E-state index contributed by atoms with van der Waals surface area (Å²) in [6, 6.07) is 2.45. The molecule has 1 rings (SSSR count). The average molecular weight is 169 g/mol. The summed E-state index contributed by atoms with van der Waals surface area (Å²) >= 11 is 0. The number of aromatic amines is 1. The molecule has 3 N–H and O–H groups in total. The van der Waals surface area contributed by atoms with E-state index in [0.29, 0.717) is 19.5 Å². The first-order chi connectivity index (χ1) is 5.74. The summed E-state index contributed by atoms with van der Waals surface area (Å²) in [4.78, 5) is 21.8. The van der Waals surface area contributed by atoms with Crippen LogP contribution in [0.15, 0.2) is 21.7 Å². The standard InChI is InChI=1S/C7H11N3O2/c8-4-1-5-10-7(12)3-2-6(11)9-10/h2-3H,1,4-5,8H2,(H,9,11). The molecule has 66 valence electrons. The van der Waals surface area contributed by atoms with Gasteiger partial charge in [0.1, 0.15) is 0 Å². The number of rotatable bonds is 3. The Morgan fingerprint density at radius 1 is 1.42 bits per heavy atom. The second kappa shape index (κ2) is 3.87. The minimum absolute atomic E-state index is 0.206. The molecule has 0 aromatic carbocycles. The molecular weight excluding hydrogens is 158 g/mol. The first-order valence-corrected chi connectivity index (χ1v) is 3.74. The second-order valence-corrected chi connectivity index (χ2v) is 2.44. The number of nitrogens with one attached hydrogen (secondary N) is 1. The number of aromatic nitrogens is 2. The van der Waals surface area contributed by atoms with E-state index in [9.17, 15) is 9.59 Å². The van der Waals surface area contributed by atoms with Gasteiger partial charge in [-0.1, -0.05) is 0 Å². The number of H-pyrrole nitrogens is 1. The Bertz CT molecular complexity index is 352. The molecule has 0 bridgehead atoms. The van der Waals surface area contributed by atoms with E-state index < -0.39 is 0 Å². The molecule has 0 fully saturated rings. The zero-order chi connectivity index (χ0) is 8.97. The van der Waals surface area contributed by atoms with E-state index in [1.165, 1.54) is 16.8 Å². The Hall–Kier alpha value is -1.36. The Labute approximate surface area is 68.8 Å². The highest BCUT2D eigenvalue weighted by Crippen LogP contribution is 1.77. The number of aryl methyl sites for hydroxylation is 1. The molecule has 0 unspecified atom stereocenters. The molecule has 0 radical (unpaired) electrons. The fourth-order valence-electron chi connectivity index (χ4n) is 0.878. The lowest BCUT2D eigenvalue weighted by Gasteiger charge is -2.01. The van der Waals surface area contributed by atoms with Gasteiger partial charge < -0.3 is 5.73 Å². The molecule has 5 heteroatoms. The molecule has 1 heterocycles. The molecule has 0 saturated heterocycles. The Balaban J connectivity index is 2.90. The van der Waals surface area contributed by atoms with Crippen LogP contribution < -0.4 is 16.9 Å². The maximum atomic E-state index is 11.0. The summed E-state index contributed by atoms with van der Waals surface area (Å²) in [7, 11) is 0. The third-order valence-corrected chi connectivity index (χ3v) is 1.47. The predicted octanol–water partition coefficient (Wildman–Crippen LogP) is -1.11. The Kier molecular flexibility index (Phi) is 2.82. The summed E-state index contributed by atoms with van der Waals surface area (Å²) in [5, 5.41) is 2.40. The first-order valence-electron chi connectivity index (χ1n) is 3.74. The van der Waals surface area contributed by atoms with Crippen LogP contribution in [0.2, 0.25) is 0 Å². The van der Waals surface area contributed by atoms with Crippen molar-refractivity contribution in [2.24, 2.45) is 5.73 Å². The van der Waals surface area contributed by atoms with E-state index >= 15 is 0 Å². The summed E-state index contributed by atoms with van der Waals surface area (Å²) in [6.45, 7) is 0.967. The third-order valence-electron chi connectivity index (χ3n) is 1.47. The monoisotopic (exact) mass is 169 g/mol. The van der Waals surface area contributed by atoms with Crippen LogP contribution in [0.1, 0.15) is 6.42 Å². The van der Waals surface area contributed by atoms with Crippen molar-refractivity contribution in [3.05, 3.63) is 32.8 Å². The number of nitrogens with zero attached hydrogens (tertiary/aromatic N) is 1. The largest absolute Gasteiger partial charge is 0.330 e. The fraction of sp³-hybridized carbons (Fsp3) is 0.429. The van der Waals surface area contributed by atoms with Gasteiger partial charge >= 0.3 is 0 Å². The fourth-order valence-corrected chi connectivity index (χ4v) is 0.878. The third kappa shape index (κ3) is 2.06. The van der Waals surface area contributed by atoms with Crippen LogP contribution >= 0.6 is 0 Å². The molecule has 1 aromatic rings. The summed E-state index contributed by atoms with van der Waals surface area (Å²) in [5.74, 6) is 0. The van der Waals surface area contributed by atoms with Crippen molar-refractivity contribution in [2.75, 3.05) is 6.54 Å². The lowest BCUT2D eigenvalue weighted by molar-refractivity contribution is 0.546. The van der Waals surface area contributed by atoms with Crippen LogP contribution in [-0.2, 0) is 6.54 Å². The van der Waals surface area contributed by atoms with Gasteiger partial charge in [0.2, 0.25) is 0 Å². The molecule has 0 aliphatic rings. The number of hydrogen-bond donors (Lipinski definition) is 2. The first kappa shape index (κ1) is 8.73. The predicted molar refractivity (Wildman–Crippen MR) is 45.0 cm³/mol. The molecule has 0 aliphatic carbocycles. The zero-order valence-electron chi connectivity index (χ0n) is 6.62. The SMILES string of the molecule is NCCCn1[nH]c(=O)ccc1=O. The molecule has 0 atom stereocenters. The lowest BCUT2D eigenvalue weighted by atomic mass is 10.4. The Morgan fingerprint density at radius 3 is 2.83 bits per heavy atom. The van der Waals surface area contributed by atoms with E-state index in [4.69, 9.17) is 5.73 Å². The van der Waals surface area contributed by atoms with Gasteiger partial charge in [-0.2, -0.15) is 0 Å². The van der Waals surface area contributed by atoms with Crippen molar-refractivity contribution < 1.29 is 0 Å². The van der Waals surface area contributed by atoms with Gasteiger partial charge in [0.05, 0.1) is 0 Å². The van der Waals surface area contributed by atoms with Crippen molar-refractivity contribution in [3.63, 3.8) is 0 Å². The van der Waals surface area contributed by atoms with Crippen LogP contribution in [0.25, 0.3) is 0 Å². The van der Waals surface area contributed by atoms with E-state index in [-0.39, 0.29) is 11.1 Å². The molecule has 1 aromatic heterocycles. The number of hydrogen-bond acceptors (Lipinski definition) is 3. The molecule has 0 amide bonds. The van der Waals surface area contributed by atoms with Crippen LogP contribution in [-0.4, -0.2) is 16.3 Å². The van der Waals surface area contributed by atoms with Gasteiger partial charge in [-0.3, -0.25) is 19.4 Å². The molecule has 0 spiro atoms. The highest BCUT2D eigenvalue weighted by molar-refractivity contribution is 4.85. The highest BCUT2D eigenvalue weighted by atomic mass is 16.1. The van der Waals surface area contributed by atoms with Gasteiger partial charge in [-0.25, -0.2) is 0 Å². The second-order valence-electron chi connectivity index (χ2n) is 2.44. The van der Waals surface area contributed by atoms with Crippen molar-refractivity contribution in [1.82, 2.24) is 9.78 Å². The summed E-state index contributed by atoms with van der Waals surface area (Å²) in [5.41, 5.74) is 4.78. The molecular formula is C7H11N3O2. The van der Waals surface area contributed by atoms with E-state index in [2.05, 4.69) is 5.10 Å². The summed E-state index contributed by atoms with van der Waals surface area (Å²) in [6.07, 6.45) is 0.680. The van der Waals surface area contributed by atoms with Crippen molar-refractivity contribution >= 4 is 0 Å². The zero-order valence-corrected chi connectivity index (χ0v) is 6.62. The van der Waals surface area contributed by atoms with Gasteiger partial charge in [-0.15, -0.1) is 0 Å². The molecule has 5 nitrogen and oxygen atoms in total. The van der Waals surface area contributed by atoms with Crippen LogP contribution in [0.3, 0.4) is 0 Å². The van der Waals surface area contributed by atoms with Gasteiger partial charge in [0.25, 0.3) is 11.1 Å². The molecule has 0 aliphatic heterocycles. The lowest BCUT2D eigenvalue weighted by Crippen LogP contribution is -2.28. The van der Waals surface area contributed by atoms with E-state index in [1.807, 2.05) is 0 Å². The Morgan fingerprint density at radius 2 is 2.17 bits per heavy atom. The minimum atomic E-state index is -0.272. The number of nitrogens with two attached hydrogens (primary N) is 1.